The van der Waals surface area contributed by atoms with Gasteiger partial charge in [-0.2, -0.15) is 0 Å². The Labute approximate surface area is 118 Å². The standard InChI is InChI=1S/C14H13ClFNOS/c15-13-7-12(5-6-14(13)16)19(18)9-11-3-1-10(8-17)2-4-11/h1-7H,8-9,17H2. The average molecular weight is 298 g/mol. The molecule has 5 heteroatoms. The minimum atomic E-state index is -1.24. The molecule has 1 unspecified atom stereocenters. The molecule has 100 valence electrons. The van der Waals surface area contributed by atoms with E-state index in [1.54, 1.807) is 0 Å². The van der Waals surface area contributed by atoms with Crippen molar-refractivity contribution in [3.05, 3.63) is 64.4 Å². The Morgan fingerprint density at radius 3 is 2.32 bits per heavy atom. The highest BCUT2D eigenvalue weighted by Gasteiger charge is 2.08. The summed E-state index contributed by atoms with van der Waals surface area (Å²) in [6.45, 7) is 0.483. The van der Waals surface area contributed by atoms with Crippen LogP contribution < -0.4 is 5.73 Å². The van der Waals surface area contributed by atoms with E-state index in [0.29, 0.717) is 17.2 Å². The molecule has 0 aromatic heterocycles. The average Bonchev–Trinajstić information content (AvgIpc) is 2.42. The molecule has 0 spiro atoms. The van der Waals surface area contributed by atoms with E-state index in [-0.39, 0.29) is 5.02 Å². The molecule has 0 aliphatic heterocycles. The predicted molar refractivity (Wildman–Crippen MR) is 75.9 cm³/mol. The van der Waals surface area contributed by atoms with E-state index < -0.39 is 16.6 Å². The highest BCUT2D eigenvalue weighted by atomic mass is 35.5. The highest BCUT2D eigenvalue weighted by Crippen LogP contribution is 2.20. The number of rotatable bonds is 4. The van der Waals surface area contributed by atoms with Crippen molar-refractivity contribution in [2.24, 2.45) is 5.73 Å². The Morgan fingerprint density at radius 2 is 1.74 bits per heavy atom. The molecule has 0 radical (unpaired) electrons. The molecule has 2 aromatic carbocycles. The summed E-state index contributed by atoms with van der Waals surface area (Å²) in [5, 5.41) is -0.00988. The quantitative estimate of drug-likeness (QED) is 0.941. The summed E-state index contributed by atoms with van der Waals surface area (Å²) in [7, 11) is -1.24. The first-order chi connectivity index (χ1) is 9.10. The normalized spacial score (nSPS) is 12.4. The van der Waals surface area contributed by atoms with E-state index in [0.717, 1.165) is 11.1 Å². The second-order valence-corrected chi connectivity index (χ2v) is 5.94. The molecule has 0 saturated carbocycles. The largest absolute Gasteiger partial charge is 0.326 e. The topological polar surface area (TPSA) is 43.1 Å². The van der Waals surface area contributed by atoms with E-state index in [2.05, 4.69) is 0 Å². The third-order valence-corrected chi connectivity index (χ3v) is 4.38. The van der Waals surface area contributed by atoms with Crippen LogP contribution in [0.5, 0.6) is 0 Å². The highest BCUT2D eigenvalue weighted by molar-refractivity contribution is 7.84. The van der Waals surface area contributed by atoms with E-state index in [9.17, 15) is 8.60 Å². The van der Waals surface area contributed by atoms with Crippen molar-refractivity contribution in [3.8, 4) is 0 Å². The van der Waals surface area contributed by atoms with Crippen LogP contribution in [0.2, 0.25) is 5.02 Å². The Hall–Kier alpha value is -1.23. The molecule has 0 amide bonds. The molecule has 2 aromatic rings. The molecule has 0 aliphatic rings. The van der Waals surface area contributed by atoms with E-state index >= 15 is 0 Å². The van der Waals surface area contributed by atoms with E-state index in [1.165, 1.54) is 18.2 Å². The first kappa shape index (κ1) is 14.2. The molecule has 2 nitrogen and oxygen atoms in total. The second-order valence-electron chi connectivity index (χ2n) is 4.09. The molecule has 0 fully saturated rings. The van der Waals surface area contributed by atoms with E-state index in [1.807, 2.05) is 24.3 Å². The number of halogens is 2. The van der Waals surface area contributed by atoms with Gasteiger partial charge in [0.25, 0.3) is 0 Å². The van der Waals surface area contributed by atoms with Crippen molar-refractivity contribution in [3.63, 3.8) is 0 Å². The maximum atomic E-state index is 13.0. The molecule has 2 rings (SSSR count). The lowest BCUT2D eigenvalue weighted by Crippen LogP contribution is -1.99. The lowest BCUT2D eigenvalue weighted by Gasteiger charge is -2.05. The second kappa shape index (κ2) is 6.28. The zero-order chi connectivity index (χ0) is 13.8. The third kappa shape index (κ3) is 3.62. The van der Waals surface area contributed by atoms with Gasteiger partial charge in [-0.05, 0) is 29.3 Å². The summed E-state index contributed by atoms with van der Waals surface area (Å²) in [5.74, 6) is -0.137. The van der Waals surface area contributed by atoms with Gasteiger partial charge in [0, 0.05) is 11.4 Å². The van der Waals surface area contributed by atoms with Crippen LogP contribution in [-0.4, -0.2) is 4.21 Å². The molecule has 19 heavy (non-hydrogen) atoms. The van der Waals surface area contributed by atoms with Gasteiger partial charge in [-0.1, -0.05) is 35.9 Å². The zero-order valence-corrected chi connectivity index (χ0v) is 11.7. The fraction of sp³-hybridized carbons (Fsp3) is 0.143. The fourth-order valence-electron chi connectivity index (χ4n) is 1.62. The van der Waals surface area contributed by atoms with Crippen LogP contribution in [0.25, 0.3) is 0 Å². The van der Waals surface area contributed by atoms with Crippen LogP contribution in [0.4, 0.5) is 4.39 Å². The van der Waals surface area contributed by atoms with Gasteiger partial charge >= 0.3 is 0 Å². The SMILES string of the molecule is NCc1ccc(CS(=O)c2ccc(F)c(Cl)c2)cc1. The lowest BCUT2D eigenvalue weighted by atomic mass is 10.1. The first-order valence-corrected chi connectivity index (χ1v) is 7.41. The minimum Gasteiger partial charge on any atom is -0.326 e. The maximum absolute atomic E-state index is 13.0. The van der Waals surface area contributed by atoms with Gasteiger partial charge in [0.2, 0.25) is 0 Å². The van der Waals surface area contributed by atoms with Gasteiger partial charge < -0.3 is 5.73 Å². The van der Waals surface area contributed by atoms with Crippen molar-refractivity contribution in [2.75, 3.05) is 0 Å². The lowest BCUT2D eigenvalue weighted by molar-refractivity contribution is 0.626. The van der Waals surface area contributed by atoms with Crippen LogP contribution in [0.3, 0.4) is 0 Å². The van der Waals surface area contributed by atoms with Crippen LogP contribution in [0.1, 0.15) is 11.1 Å². The van der Waals surface area contributed by atoms with Gasteiger partial charge in [-0.15, -0.1) is 0 Å². The minimum absolute atomic E-state index is 0.00988. The molecule has 0 aliphatic carbocycles. The zero-order valence-electron chi connectivity index (χ0n) is 10.1. The van der Waals surface area contributed by atoms with E-state index in [4.69, 9.17) is 17.3 Å². The van der Waals surface area contributed by atoms with Crippen molar-refractivity contribution in [2.45, 2.75) is 17.2 Å². The maximum Gasteiger partial charge on any atom is 0.141 e. The van der Waals surface area contributed by atoms with Gasteiger partial charge in [0.1, 0.15) is 5.82 Å². The Morgan fingerprint density at radius 1 is 1.11 bits per heavy atom. The number of hydrogen-bond donors (Lipinski definition) is 1. The summed E-state index contributed by atoms with van der Waals surface area (Å²) in [6, 6.07) is 11.7. The summed E-state index contributed by atoms with van der Waals surface area (Å²) >= 11 is 5.68. The van der Waals surface area contributed by atoms with Crippen molar-refractivity contribution >= 4 is 22.4 Å². The fourth-order valence-corrected chi connectivity index (χ4v) is 3.00. The summed E-state index contributed by atoms with van der Waals surface area (Å²) in [5.41, 5.74) is 7.48. The number of benzene rings is 2. The van der Waals surface area contributed by atoms with Crippen molar-refractivity contribution in [1.82, 2.24) is 0 Å². The van der Waals surface area contributed by atoms with Crippen molar-refractivity contribution < 1.29 is 8.60 Å². The smallest absolute Gasteiger partial charge is 0.141 e. The Balaban J connectivity index is 2.13. The van der Waals surface area contributed by atoms with Crippen molar-refractivity contribution in [1.29, 1.82) is 0 Å². The first-order valence-electron chi connectivity index (χ1n) is 5.71. The Kier molecular flexibility index (Phi) is 4.69. The van der Waals surface area contributed by atoms with Crippen LogP contribution in [0, 0.1) is 5.82 Å². The van der Waals surface area contributed by atoms with Gasteiger partial charge in [-0.25, -0.2) is 4.39 Å². The van der Waals surface area contributed by atoms with Gasteiger partial charge in [0.15, 0.2) is 0 Å². The number of nitrogens with two attached hydrogens (primary N) is 1. The summed E-state index contributed by atoms with van der Waals surface area (Å²) in [4.78, 5) is 0.523. The van der Waals surface area contributed by atoms with Crippen LogP contribution in [-0.2, 0) is 23.1 Å². The van der Waals surface area contributed by atoms with Crippen LogP contribution in [0.15, 0.2) is 47.4 Å². The monoisotopic (exact) mass is 297 g/mol. The molecule has 0 saturated heterocycles. The molecule has 0 bridgehead atoms. The number of hydrogen-bond acceptors (Lipinski definition) is 2. The summed E-state index contributed by atoms with van der Waals surface area (Å²) in [6.07, 6.45) is 0. The third-order valence-electron chi connectivity index (χ3n) is 2.71. The van der Waals surface area contributed by atoms with Gasteiger partial charge in [-0.3, -0.25) is 4.21 Å². The Bertz CT molecular complexity index is 601. The van der Waals surface area contributed by atoms with Crippen LogP contribution >= 0.6 is 11.6 Å². The molecular formula is C14H13ClFNOS. The molecule has 0 heterocycles. The molecule has 2 N–H and O–H groups in total. The molecule has 1 atom stereocenters. The summed E-state index contributed by atoms with van der Waals surface area (Å²) < 4.78 is 25.2. The molecular weight excluding hydrogens is 285 g/mol. The van der Waals surface area contributed by atoms with Gasteiger partial charge in [0.05, 0.1) is 21.6 Å². The predicted octanol–water partition coefficient (Wildman–Crippen LogP) is 3.25.